The summed E-state index contributed by atoms with van der Waals surface area (Å²) >= 11 is 4.58. The maximum atomic E-state index is 11.2. The van der Waals surface area contributed by atoms with E-state index < -0.39 is 5.97 Å². The molecule has 92 valence electrons. The monoisotopic (exact) mass is 324 g/mol. The molecule has 1 fully saturated rings. The maximum Gasteiger partial charge on any atom is 0.347 e. The van der Waals surface area contributed by atoms with Gasteiger partial charge in [-0.1, -0.05) is 0 Å². The molecule has 3 rings (SSSR count). The Morgan fingerprint density at radius 1 is 1.44 bits per heavy atom. The predicted molar refractivity (Wildman–Crippen MR) is 72.0 cm³/mol. The molecule has 0 radical (unpaired) electrons. The highest BCUT2D eigenvalue weighted by atomic mass is 79.9. The van der Waals surface area contributed by atoms with Crippen LogP contribution in [0.1, 0.15) is 34.1 Å². The minimum atomic E-state index is -0.886. The molecule has 2 aromatic rings. The number of pyridine rings is 1. The number of halogens is 1. The van der Waals surface area contributed by atoms with Crippen molar-refractivity contribution < 1.29 is 9.90 Å². The molecule has 0 bridgehead atoms. The quantitative estimate of drug-likeness (QED) is 0.937. The van der Waals surface area contributed by atoms with Gasteiger partial charge in [-0.3, -0.25) is 4.98 Å². The Labute approximate surface area is 116 Å². The number of aromatic nitrogens is 2. The zero-order valence-corrected chi connectivity index (χ0v) is 11.7. The van der Waals surface area contributed by atoms with Gasteiger partial charge < -0.3 is 5.11 Å². The van der Waals surface area contributed by atoms with E-state index in [4.69, 9.17) is 0 Å². The van der Waals surface area contributed by atoms with E-state index in [0.29, 0.717) is 10.8 Å². The third-order valence-electron chi connectivity index (χ3n) is 2.76. The fourth-order valence-corrected chi connectivity index (χ4v) is 3.11. The van der Waals surface area contributed by atoms with Crippen molar-refractivity contribution in [2.45, 2.75) is 18.8 Å². The molecule has 1 aliphatic rings. The summed E-state index contributed by atoms with van der Waals surface area (Å²) in [5.74, 6) is -0.551. The number of carbonyl (C=O) groups is 1. The van der Waals surface area contributed by atoms with E-state index in [1.807, 2.05) is 6.07 Å². The van der Waals surface area contributed by atoms with Crippen molar-refractivity contribution in [2.24, 2.45) is 0 Å². The Kier molecular flexibility index (Phi) is 2.91. The molecular weight excluding hydrogens is 316 g/mol. The summed E-state index contributed by atoms with van der Waals surface area (Å²) in [6.07, 6.45) is 5.48. The first-order chi connectivity index (χ1) is 8.65. The standard InChI is InChI=1S/C12H9BrN2O2S/c13-8-3-7(4-14-5-8)11-15-9(6-1-2-6)10(18-11)12(16)17/h3-6H,1-2H2,(H,16,17). The Balaban J connectivity index is 2.07. The molecule has 1 aliphatic carbocycles. The van der Waals surface area contributed by atoms with E-state index in [-0.39, 0.29) is 0 Å². The molecular formula is C12H9BrN2O2S. The maximum absolute atomic E-state index is 11.2. The number of carboxylic acid groups (broad SMARTS) is 1. The Morgan fingerprint density at radius 3 is 2.83 bits per heavy atom. The van der Waals surface area contributed by atoms with Crippen LogP contribution >= 0.6 is 27.3 Å². The number of rotatable bonds is 3. The molecule has 4 nitrogen and oxygen atoms in total. The molecule has 0 saturated heterocycles. The molecule has 2 aromatic heterocycles. The van der Waals surface area contributed by atoms with E-state index >= 15 is 0 Å². The highest BCUT2D eigenvalue weighted by Crippen LogP contribution is 2.44. The number of hydrogen-bond donors (Lipinski definition) is 1. The number of nitrogens with zero attached hydrogens (tertiary/aromatic N) is 2. The summed E-state index contributed by atoms with van der Waals surface area (Å²) < 4.78 is 0.861. The molecule has 0 unspecified atom stereocenters. The topological polar surface area (TPSA) is 63.1 Å². The molecule has 18 heavy (non-hydrogen) atoms. The van der Waals surface area contributed by atoms with Crippen LogP contribution in [0.5, 0.6) is 0 Å². The van der Waals surface area contributed by atoms with Crippen LogP contribution in [0.2, 0.25) is 0 Å². The highest BCUT2D eigenvalue weighted by Gasteiger charge is 2.32. The van der Waals surface area contributed by atoms with Gasteiger partial charge in [0.15, 0.2) is 0 Å². The molecule has 0 amide bonds. The van der Waals surface area contributed by atoms with E-state index in [0.717, 1.165) is 33.6 Å². The molecule has 0 aromatic carbocycles. The van der Waals surface area contributed by atoms with Crippen LogP contribution < -0.4 is 0 Å². The third-order valence-corrected chi connectivity index (χ3v) is 4.31. The Bertz CT molecular complexity index is 622. The normalized spacial score (nSPS) is 14.7. The van der Waals surface area contributed by atoms with Crippen LogP contribution in [0.15, 0.2) is 22.9 Å². The van der Waals surface area contributed by atoms with E-state index in [1.165, 1.54) is 11.3 Å². The molecule has 1 saturated carbocycles. The van der Waals surface area contributed by atoms with Crippen molar-refractivity contribution in [3.05, 3.63) is 33.5 Å². The number of thiazole rings is 1. The summed E-state index contributed by atoms with van der Waals surface area (Å²) in [7, 11) is 0. The van der Waals surface area contributed by atoms with Crippen LogP contribution in [-0.2, 0) is 0 Å². The van der Waals surface area contributed by atoms with Crippen molar-refractivity contribution in [1.82, 2.24) is 9.97 Å². The van der Waals surface area contributed by atoms with Gasteiger partial charge >= 0.3 is 5.97 Å². The summed E-state index contributed by atoms with van der Waals surface area (Å²) in [4.78, 5) is 20.1. The van der Waals surface area contributed by atoms with Crippen LogP contribution in [0, 0.1) is 0 Å². The fraction of sp³-hybridized carbons (Fsp3) is 0.250. The summed E-state index contributed by atoms with van der Waals surface area (Å²) in [5.41, 5.74) is 1.59. The first kappa shape index (κ1) is 11.8. The van der Waals surface area contributed by atoms with E-state index in [1.54, 1.807) is 12.4 Å². The second kappa shape index (κ2) is 4.44. The van der Waals surface area contributed by atoms with Gasteiger partial charge in [0.25, 0.3) is 0 Å². The Hall–Kier alpha value is -1.27. The highest BCUT2D eigenvalue weighted by molar-refractivity contribution is 9.10. The van der Waals surface area contributed by atoms with Gasteiger partial charge in [0, 0.05) is 28.3 Å². The molecule has 1 N–H and O–H groups in total. The largest absolute Gasteiger partial charge is 0.477 e. The zero-order valence-electron chi connectivity index (χ0n) is 9.26. The van der Waals surface area contributed by atoms with Gasteiger partial charge in [0.1, 0.15) is 9.88 Å². The first-order valence-corrected chi connectivity index (χ1v) is 7.11. The SMILES string of the molecule is O=C(O)c1sc(-c2cncc(Br)c2)nc1C1CC1. The van der Waals surface area contributed by atoms with Crippen LogP contribution in [0.25, 0.3) is 10.6 Å². The minimum Gasteiger partial charge on any atom is -0.477 e. The average Bonchev–Trinajstić information content (AvgIpc) is 3.07. The second-order valence-electron chi connectivity index (χ2n) is 4.20. The van der Waals surface area contributed by atoms with E-state index in [2.05, 4.69) is 25.9 Å². The molecule has 0 spiro atoms. The Morgan fingerprint density at radius 2 is 2.22 bits per heavy atom. The van der Waals surface area contributed by atoms with Crippen molar-refractivity contribution in [3.63, 3.8) is 0 Å². The zero-order chi connectivity index (χ0) is 12.7. The predicted octanol–water partition coefficient (Wildman–Crippen LogP) is 3.54. The van der Waals surface area contributed by atoms with Crippen molar-refractivity contribution in [2.75, 3.05) is 0 Å². The summed E-state index contributed by atoms with van der Waals surface area (Å²) in [5, 5.41) is 9.93. The smallest absolute Gasteiger partial charge is 0.347 e. The lowest BCUT2D eigenvalue weighted by Gasteiger charge is -1.95. The van der Waals surface area contributed by atoms with Crippen molar-refractivity contribution >= 4 is 33.2 Å². The fourth-order valence-electron chi connectivity index (χ4n) is 1.77. The molecule has 6 heteroatoms. The molecule has 0 aliphatic heterocycles. The summed E-state index contributed by atoms with van der Waals surface area (Å²) in [6.45, 7) is 0. The molecule has 2 heterocycles. The number of carboxylic acids is 1. The van der Waals surface area contributed by atoms with Gasteiger partial charge in [-0.2, -0.15) is 0 Å². The second-order valence-corrected chi connectivity index (χ2v) is 6.12. The lowest BCUT2D eigenvalue weighted by Crippen LogP contribution is -1.97. The van der Waals surface area contributed by atoms with Crippen LogP contribution in [0.3, 0.4) is 0 Å². The van der Waals surface area contributed by atoms with Gasteiger partial charge in [-0.05, 0) is 34.8 Å². The average molecular weight is 325 g/mol. The number of hydrogen-bond acceptors (Lipinski definition) is 4. The van der Waals surface area contributed by atoms with Crippen LogP contribution in [-0.4, -0.2) is 21.0 Å². The van der Waals surface area contributed by atoms with E-state index in [9.17, 15) is 9.90 Å². The van der Waals surface area contributed by atoms with Crippen molar-refractivity contribution in [3.8, 4) is 10.6 Å². The van der Waals surface area contributed by atoms with Gasteiger partial charge in [0.05, 0.1) is 5.69 Å². The summed E-state index contributed by atoms with van der Waals surface area (Å²) in [6, 6.07) is 1.90. The third kappa shape index (κ3) is 2.18. The van der Waals surface area contributed by atoms with Gasteiger partial charge in [0.2, 0.25) is 0 Å². The number of aromatic carboxylic acids is 1. The minimum absolute atomic E-state index is 0.334. The van der Waals surface area contributed by atoms with Crippen LogP contribution in [0.4, 0.5) is 0 Å². The molecule has 0 atom stereocenters. The lowest BCUT2D eigenvalue weighted by molar-refractivity contribution is 0.0700. The lowest BCUT2D eigenvalue weighted by atomic mass is 10.2. The first-order valence-electron chi connectivity index (χ1n) is 5.50. The van der Waals surface area contributed by atoms with Gasteiger partial charge in [-0.25, -0.2) is 9.78 Å². The van der Waals surface area contributed by atoms with Gasteiger partial charge in [-0.15, -0.1) is 11.3 Å². The van der Waals surface area contributed by atoms with Crippen molar-refractivity contribution in [1.29, 1.82) is 0 Å².